The summed E-state index contributed by atoms with van der Waals surface area (Å²) in [7, 11) is 3.21. The highest BCUT2D eigenvalue weighted by Crippen LogP contribution is 2.38. The number of piperazine rings is 1. The monoisotopic (exact) mass is 816 g/mol. The number of cyclic esters (lactones) is 2. The molecule has 3 fully saturated rings. The second-order valence-corrected chi connectivity index (χ2v) is 14.5. The molecule has 298 valence electrons. The smallest absolute Gasteiger partial charge is 0.414 e. The van der Waals surface area contributed by atoms with E-state index < -0.39 is 0 Å². The molecule has 0 saturated carbocycles. The average Bonchev–Trinajstić information content (AvgIpc) is 3.96. The SMILES string of the molecule is COc1cc(N2CCOC2=O)cc(C)c1OCCCCl.COc1cc(N2CCOC2=O)cc(C)c1OCCCN1CCN(c2cccc3sccc23)CC1.Cl. The molecule has 0 atom stereocenters. The van der Waals surface area contributed by atoms with Gasteiger partial charge in [-0.2, -0.15) is 0 Å². The van der Waals surface area contributed by atoms with Crippen molar-refractivity contribution in [2.24, 2.45) is 0 Å². The first-order valence-corrected chi connectivity index (χ1v) is 19.7. The summed E-state index contributed by atoms with van der Waals surface area (Å²) in [5.41, 5.74) is 4.75. The van der Waals surface area contributed by atoms with E-state index >= 15 is 0 Å². The number of halogens is 2. The highest BCUT2D eigenvalue weighted by molar-refractivity contribution is 7.17. The van der Waals surface area contributed by atoms with E-state index in [9.17, 15) is 9.59 Å². The number of ether oxygens (including phenoxy) is 6. The maximum atomic E-state index is 11.9. The maximum absolute atomic E-state index is 11.9. The van der Waals surface area contributed by atoms with Crippen LogP contribution in [0, 0.1) is 13.8 Å². The Balaban J connectivity index is 0.000000237. The van der Waals surface area contributed by atoms with Gasteiger partial charge in [0.05, 0.1) is 51.9 Å². The molecule has 3 aromatic carbocycles. The van der Waals surface area contributed by atoms with Gasteiger partial charge < -0.3 is 33.3 Å². The Morgan fingerprint density at radius 1 is 0.745 bits per heavy atom. The lowest BCUT2D eigenvalue weighted by Crippen LogP contribution is -2.46. The lowest BCUT2D eigenvalue weighted by molar-refractivity contribution is 0.180. The number of fused-ring (bicyclic) bond motifs is 1. The van der Waals surface area contributed by atoms with Gasteiger partial charge >= 0.3 is 12.2 Å². The predicted molar refractivity (Wildman–Crippen MR) is 222 cm³/mol. The summed E-state index contributed by atoms with van der Waals surface area (Å²) in [6, 6.07) is 16.3. The molecule has 15 heteroatoms. The number of aryl methyl sites for hydroxylation is 2. The number of nitrogens with zero attached hydrogens (tertiary/aromatic N) is 4. The number of thiophene rings is 1. The molecule has 2 amide bonds. The molecule has 0 spiro atoms. The first kappa shape index (κ1) is 41.9. The van der Waals surface area contributed by atoms with Crippen molar-refractivity contribution >= 4 is 74.7 Å². The van der Waals surface area contributed by atoms with Gasteiger partial charge in [-0.25, -0.2) is 9.59 Å². The lowest BCUT2D eigenvalue weighted by atomic mass is 10.1. The number of methoxy groups -OCH3 is 2. The van der Waals surface area contributed by atoms with Gasteiger partial charge in [0.2, 0.25) is 0 Å². The summed E-state index contributed by atoms with van der Waals surface area (Å²) in [6.45, 7) is 12.2. The zero-order valence-corrected chi connectivity index (χ0v) is 34.2. The van der Waals surface area contributed by atoms with E-state index in [1.165, 1.54) is 15.8 Å². The zero-order chi connectivity index (χ0) is 38.0. The third kappa shape index (κ3) is 10.1. The topological polar surface area (TPSA) is 102 Å². The molecular formula is C40H50Cl2N4O8S. The molecule has 0 radical (unpaired) electrons. The standard InChI is InChI=1S/C26H31N3O4S.C14H18ClNO4.ClH/c1-19-17-20(29-13-15-33-26(29)30)18-23(31-2)25(19)32-14-4-8-27-9-11-28(12-10-27)22-5-3-6-24-21(22)7-16-34-24;1-10-8-11(16-5-7-20-14(16)17)9-12(18-2)13(10)19-6-3-4-15;/h3,5-7,16-18H,4,8-15H2,1-2H3;8-9H,3-7H2,1-2H3;1H. The van der Waals surface area contributed by atoms with Crippen LogP contribution in [0.4, 0.5) is 26.7 Å². The molecule has 0 aliphatic carbocycles. The van der Waals surface area contributed by atoms with Crippen LogP contribution in [0.15, 0.2) is 53.9 Å². The third-order valence-corrected chi connectivity index (χ3v) is 10.8. The number of rotatable bonds is 14. The van der Waals surface area contributed by atoms with Crippen LogP contribution in [-0.4, -0.2) is 109 Å². The number of anilines is 3. The molecule has 3 saturated heterocycles. The van der Waals surface area contributed by atoms with Crippen LogP contribution in [0.25, 0.3) is 10.1 Å². The first-order chi connectivity index (χ1) is 26.3. The normalized spacial score (nSPS) is 15.6. The second-order valence-electron chi connectivity index (χ2n) is 13.2. The van der Waals surface area contributed by atoms with Crippen molar-refractivity contribution in [1.29, 1.82) is 0 Å². The molecule has 7 rings (SSSR count). The minimum absolute atomic E-state index is 0. The summed E-state index contributed by atoms with van der Waals surface area (Å²) in [5.74, 6) is 3.24. The Morgan fingerprint density at radius 2 is 1.31 bits per heavy atom. The van der Waals surface area contributed by atoms with Crippen molar-refractivity contribution in [3.05, 3.63) is 65.0 Å². The number of hydrogen-bond donors (Lipinski definition) is 0. The van der Waals surface area contributed by atoms with Crippen LogP contribution in [0.2, 0.25) is 0 Å². The van der Waals surface area contributed by atoms with Crippen LogP contribution in [-0.2, 0) is 9.47 Å². The molecular weight excluding hydrogens is 767 g/mol. The average molecular weight is 818 g/mol. The minimum Gasteiger partial charge on any atom is -0.493 e. The Hall–Kier alpha value is -4.30. The molecule has 3 aliphatic heterocycles. The van der Waals surface area contributed by atoms with Gasteiger partial charge in [-0.3, -0.25) is 14.7 Å². The minimum atomic E-state index is -0.331. The fourth-order valence-electron chi connectivity index (χ4n) is 6.84. The molecule has 12 nitrogen and oxygen atoms in total. The van der Waals surface area contributed by atoms with Crippen molar-refractivity contribution in [1.82, 2.24) is 4.90 Å². The first-order valence-electron chi connectivity index (χ1n) is 18.3. The fraction of sp³-hybridized carbons (Fsp3) is 0.450. The van der Waals surface area contributed by atoms with E-state index in [0.29, 0.717) is 62.6 Å². The summed E-state index contributed by atoms with van der Waals surface area (Å²) >= 11 is 7.44. The number of carbonyl (C=O) groups excluding carboxylic acids is 2. The van der Waals surface area contributed by atoms with Gasteiger partial charge in [-0.15, -0.1) is 35.3 Å². The number of alkyl halides is 1. The maximum Gasteiger partial charge on any atom is 0.414 e. The quantitative estimate of drug-likeness (QED) is 0.0916. The molecule has 0 unspecified atom stereocenters. The van der Waals surface area contributed by atoms with Gasteiger partial charge in [0.1, 0.15) is 13.2 Å². The van der Waals surface area contributed by atoms with Crippen molar-refractivity contribution in [3.8, 4) is 23.0 Å². The van der Waals surface area contributed by atoms with Gasteiger partial charge in [0.25, 0.3) is 0 Å². The highest BCUT2D eigenvalue weighted by Gasteiger charge is 2.27. The van der Waals surface area contributed by atoms with E-state index in [1.807, 2.05) is 32.0 Å². The molecule has 3 aliphatic rings. The van der Waals surface area contributed by atoms with Gasteiger partial charge in [-0.1, -0.05) is 6.07 Å². The van der Waals surface area contributed by atoms with E-state index in [4.69, 9.17) is 40.0 Å². The Labute approximate surface area is 338 Å². The van der Waals surface area contributed by atoms with Gasteiger partial charge in [-0.05, 0) is 73.5 Å². The van der Waals surface area contributed by atoms with Crippen LogP contribution < -0.4 is 33.6 Å². The Bertz CT molecular complexity index is 1900. The predicted octanol–water partition coefficient (Wildman–Crippen LogP) is 8.16. The fourth-order valence-corrected chi connectivity index (χ4v) is 7.76. The van der Waals surface area contributed by atoms with E-state index in [0.717, 1.165) is 73.8 Å². The summed E-state index contributed by atoms with van der Waals surface area (Å²) < 4.78 is 34.1. The molecule has 0 N–H and O–H groups in total. The third-order valence-electron chi connectivity index (χ3n) is 9.61. The number of carbonyl (C=O) groups is 2. The lowest BCUT2D eigenvalue weighted by Gasteiger charge is -2.36. The highest BCUT2D eigenvalue weighted by atomic mass is 35.5. The molecule has 1 aromatic heterocycles. The van der Waals surface area contributed by atoms with E-state index in [1.54, 1.807) is 41.4 Å². The molecule has 55 heavy (non-hydrogen) atoms. The zero-order valence-electron chi connectivity index (χ0n) is 31.8. The van der Waals surface area contributed by atoms with Crippen molar-refractivity contribution in [2.45, 2.75) is 26.7 Å². The molecule has 0 bridgehead atoms. The Kier molecular flexibility index (Phi) is 15.2. The van der Waals surface area contributed by atoms with Crippen LogP contribution in [0.1, 0.15) is 24.0 Å². The molecule has 4 aromatic rings. The summed E-state index contributed by atoms with van der Waals surface area (Å²) in [5, 5.41) is 3.54. The van der Waals surface area contributed by atoms with Crippen LogP contribution >= 0.6 is 35.3 Å². The second kappa shape index (κ2) is 20.0. The Morgan fingerprint density at radius 3 is 1.82 bits per heavy atom. The van der Waals surface area contributed by atoms with Crippen LogP contribution in [0.5, 0.6) is 23.0 Å². The number of hydrogen-bond acceptors (Lipinski definition) is 11. The van der Waals surface area contributed by atoms with Crippen molar-refractivity contribution < 1.29 is 38.0 Å². The van der Waals surface area contributed by atoms with Gasteiger partial charge in [0.15, 0.2) is 23.0 Å². The van der Waals surface area contributed by atoms with Crippen LogP contribution in [0.3, 0.4) is 0 Å². The van der Waals surface area contributed by atoms with Crippen molar-refractivity contribution in [3.63, 3.8) is 0 Å². The van der Waals surface area contributed by atoms with E-state index in [2.05, 4.69) is 39.4 Å². The van der Waals surface area contributed by atoms with E-state index in [-0.39, 0.29) is 24.6 Å². The van der Waals surface area contributed by atoms with Gasteiger partial charge in [0, 0.05) is 66.5 Å². The summed E-state index contributed by atoms with van der Waals surface area (Å²) in [4.78, 5) is 31.7. The largest absolute Gasteiger partial charge is 0.493 e. The summed E-state index contributed by atoms with van der Waals surface area (Å²) in [6.07, 6.45) is 1.07. The molecule has 4 heterocycles. The number of benzene rings is 3. The van der Waals surface area contributed by atoms with Crippen molar-refractivity contribution in [2.75, 3.05) is 107 Å². The number of amides is 2.